The molecule has 3 aromatic carbocycles. The number of thioether (sulfide) groups is 1. The molecule has 0 aliphatic carbocycles. The molecule has 7 nitrogen and oxygen atoms in total. The number of amides is 2. The van der Waals surface area contributed by atoms with Gasteiger partial charge in [0.25, 0.3) is 11.8 Å². The number of hydrogen-bond donors (Lipinski definition) is 0. The summed E-state index contributed by atoms with van der Waals surface area (Å²) >= 11 is 7.34. The summed E-state index contributed by atoms with van der Waals surface area (Å²) in [5.41, 5.74) is 2.37. The minimum absolute atomic E-state index is 0.101. The Balaban J connectivity index is 1.52. The smallest absolute Gasteiger partial charge is 0.262 e. The maximum absolute atomic E-state index is 12.7. The second kappa shape index (κ2) is 8.73. The van der Waals surface area contributed by atoms with Crippen molar-refractivity contribution in [3.63, 3.8) is 0 Å². The van der Waals surface area contributed by atoms with Crippen LogP contribution in [0.2, 0.25) is 5.02 Å². The molecule has 1 aromatic heterocycles. The summed E-state index contributed by atoms with van der Waals surface area (Å²) in [6.45, 7) is 0. The molecular formula is C24H17ClN4O3S. The lowest BCUT2D eigenvalue weighted by Gasteiger charge is -2.15. The number of halogens is 1. The Kier molecular flexibility index (Phi) is 5.62. The number of hydrogen-bond acceptors (Lipinski definition) is 6. The lowest BCUT2D eigenvalue weighted by Crippen LogP contribution is -2.29. The zero-order valence-corrected chi connectivity index (χ0v) is 19.0. The molecule has 1 aliphatic heterocycles. The average molecular weight is 477 g/mol. The molecule has 0 N–H and O–H groups in total. The fraction of sp³-hybridized carbons (Fsp3) is 0.0833. The average Bonchev–Trinajstić information content (AvgIpc) is 3.37. The minimum atomic E-state index is -0.314. The number of aromatic nitrogens is 3. The Hall–Kier alpha value is -3.62. The molecule has 0 saturated carbocycles. The molecule has 0 radical (unpaired) electrons. The quantitative estimate of drug-likeness (QED) is 0.290. The summed E-state index contributed by atoms with van der Waals surface area (Å²) in [5, 5.41) is 9.90. The molecule has 4 aromatic rings. The highest BCUT2D eigenvalue weighted by Crippen LogP contribution is 2.34. The lowest BCUT2D eigenvalue weighted by molar-refractivity contribution is 0.0684. The van der Waals surface area contributed by atoms with Crippen molar-refractivity contribution in [1.29, 1.82) is 0 Å². The number of fused-ring (bicyclic) bond motifs is 1. The highest BCUT2D eigenvalue weighted by molar-refractivity contribution is 7.99. The van der Waals surface area contributed by atoms with Crippen LogP contribution in [0.25, 0.3) is 17.1 Å². The molecule has 0 saturated heterocycles. The highest BCUT2D eigenvalue weighted by atomic mass is 35.5. The molecule has 0 unspecified atom stereocenters. The minimum Gasteiger partial charge on any atom is -0.496 e. The number of carbonyl (C=O) groups excluding carboxylic acids is 2. The molecule has 9 heteroatoms. The van der Waals surface area contributed by atoms with Crippen LogP contribution in [0.3, 0.4) is 0 Å². The van der Waals surface area contributed by atoms with E-state index in [-0.39, 0.29) is 17.7 Å². The third-order valence-electron chi connectivity index (χ3n) is 5.27. The summed E-state index contributed by atoms with van der Waals surface area (Å²) < 4.78 is 7.38. The van der Waals surface area contributed by atoms with Crippen molar-refractivity contribution >= 4 is 35.2 Å². The van der Waals surface area contributed by atoms with Gasteiger partial charge in [0.05, 0.1) is 29.7 Å². The lowest BCUT2D eigenvalue weighted by atomic mass is 10.1. The van der Waals surface area contributed by atoms with E-state index >= 15 is 0 Å². The van der Waals surface area contributed by atoms with E-state index in [4.69, 9.17) is 16.3 Å². The SMILES string of the molecule is COc1ccccc1-c1nnc(SCN2C(=O)c3ccccc3C2=O)n1-c1ccc(Cl)cc1. The summed E-state index contributed by atoms with van der Waals surface area (Å²) in [6, 6.07) is 21.6. The van der Waals surface area contributed by atoms with Gasteiger partial charge in [-0.1, -0.05) is 47.6 Å². The second-order valence-electron chi connectivity index (χ2n) is 7.18. The van der Waals surface area contributed by atoms with Gasteiger partial charge in [0.2, 0.25) is 0 Å². The molecule has 0 spiro atoms. The second-order valence-corrected chi connectivity index (χ2v) is 8.52. The van der Waals surface area contributed by atoms with Crippen molar-refractivity contribution in [1.82, 2.24) is 19.7 Å². The van der Waals surface area contributed by atoms with Crippen molar-refractivity contribution in [2.75, 3.05) is 13.0 Å². The van der Waals surface area contributed by atoms with Crippen molar-refractivity contribution in [2.45, 2.75) is 5.16 Å². The van der Waals surface area contributed by atoms with Crippen LogP contribution in [-0.4, -0.2) is 44.5 Å². The highest BCUT2D eigenvalue weighted by Gasteiger charge is 2.35. The summed E-state index contributed by atoms with van der Waals surface area (Å²) in [4.78, 5) is 26.7. The van der Waals surface area contributed by atoms with E-state index in [9.17, 15) is 9.59 Å². The van der Waals surface area contributed by atoms with Gasteiger partial charge in [0.1, 0.15) is 5.75 Å². The predicted molar refractivity (Wildman–Crippen MR) is 126 cm³/mol. The molecule has 0 atom stereocenters. The Morgan fingerprint density at radius 2 is 1.45 bits per heavy atom. The van der Waals surface area contributed by atoms with Gasteiger partial charge in [-0.2, -0.15) is 0 Å². The Bertz CT molecular complexity index is 1340. The third kappa shape index (κ3) is 3.77. The van der Waals surface area contributed by atoms with E-state index in [2.05, 4.69) is 10.2 Å². The standard InChI is InChI=1S/C24H17ClN4O3S/c1-32-20-9-5-4-8-19(20)21-26-27-24(29(21)16-12-10-15(25)11-13-16)33-14-28-22(30)17-6-2-3-7-18(17)23(28)31/h2-13H,14H2,1H3. The molecule has 2 heterocycles. The van der Waals surface area contributed by atoms with Gasteiger partial charge in [-0.3, -0.25) is 19.1 Å². The molecule has 2 amide bonds. The van der Waals surface area contributed by atoms with Gasteiger partial charge in [0.15, 0.2) is 11.0 Å². The summed E-state index contributed by atoms with van der Waals surface area (Å²) in [6.07, 6.45) is 0. The van der Waals surface area contributed by atoms with Gasteiger partial charge < -0.3 is 4.74 Å². The van der Waals surface area contributed by atoms with Gasteiger partial charge in [0, 0.05) is 10.7 Å². The number of methoxy groups -OCH3 is 1. The van der Waals surface area contributed by atoms with E-state index in [1.54, 1.807) is 43.5 Å². The Labute approximate surface area is 199 Å². The zero-order valence-electron chi connectivity index (χ0n) is 17.4. The largest absolute Gasteiger partial charge is 0.496 e. The van der Waals surface area contributed by atoms with Crippen LogP contribution >= 0.6 is 23.4 Å². The first-order valence-corrected chi connectivity index (χ1v) is 11.4. The Morgan fingerprint density at radius 3 is 2.09 bits per heavy atom. The maximum Gasteiger partial charge on any atom is 0.262 e. The van der Waals surface area contributed by atoms with Crippen LogP contribution in [0.5, 0.6) is 5.75 Å². The van der Waals surface area contributed by atoms with Crippen LogP contribution in [0.15, 0.2) is 78.0 Å². The molecule has 0 fully saturated rings. The fourth-order valence-electron chi connectivity index (χ4n) is 3.67. The molecule has 33 heavy (non-hydrogen) atoms. The first-order chi connectivity index (χ1) is 16.1. The third-order valence-corrected chi connectivity index (χ3v) is 6.43. The molecule has 1 aliphatic rings. The number of para-hydroxylation sites is 1. The number of carbonyl (C=O) groups is 2. The van der Waals surface area contributed by atoms with Crippen molar-refractivity contribution in [3.8, 4) is 22.8 Å². The fourth-order valence-corrected chi connectivity index (χ4v) is 4.69. The molecular weight excluding hydrogens is 460 g/mol. The van der Waals surface area contributed by atoms with Crippen molar-refractivity contribution < 1.29 is 14.3 Å². The van der Waals surface area contributed by atoms with Crippen LogP contribution in [0.4, 0.5) is 0 Å². The molecule has 164 valence electrons. The first-order valence-electron chi connectivity index (χ1n) is 10.0. The van der Waals surface area contributed by atoms with E-state index in [1.165, 1.54) is 16.7 Å². The molecule has 5 rings (SSSR count). The number of imide groups is 1. The number of benzene rings is 3. The number of rotatable bonds is 6. The van der Waals surface area contributed by atoms with Gasteiger partial charge in [-0.15, -0.1) is 10.2 Å². The summed E-state index contributed by atoms with van der Waals surface area (Å²) in [5.74, 6) is 0.692. The van der Waals surface area contributed by atoms with Crippen LogP contribution < -0.4 is 4.74 Å². The van der Waals surface area contributed by atoms with Crippen LogP contribution in [0, 0.1) is 0 Å². The van der Waals surface area contributed by atoms with E-state index in [1.807, 2.05) is 41.0 Å². The van der Waals surface area contributed by atoms with E-state index in [0.717, 1.165) is 11.3 Å². The van der Waals surface area contributed by atoms with E-state index in [0.29, 0.717) is 32.9 Å². The normalized spacial score (nSPS) is 12.8. The first kappa shape index (κ1) is 21.2. The Morgan fingerprint density at radius 1 is 0.848 bits per heavy atom. The van der Waals surface area contributed by atoms with Crippen LogP contribution in [-0.2, 0) is 0 Å². The zero-order chi connectivity index (χ0) is 22.9. The number of nitrogens with zero attached hydrogens (tertiary/aromatic N) is 4. The van der Waals surface area contributed by atoms with E-state index < -0.39 is 0 Å². The molecule has 0 bridgehead atoms. The van der Waals surface area contributed by atoms with Crippen LogP contribution in [0.1, 0.15) is 20.7 Å². The van der Waals surface area contributed by atoms with Gasteiger partial charge in [-0.05, 0) is 48.5 Å². The van der Waals surface area contributed by atoms with Crippen molar-refractivity contribution in [3.05, 3.63) is 88.9 Å². The predicted octanol–water partition coefficient (Wildman–Crippen LogP) is 4.94. The monoisotopic (exact) mass is 476 g/mol. The van der Waals surface area contributed by atoms with Gasteiger partial charge in [-0.25, -0.2) is 0 Å². The summed E-state index contributed by atoms with van der Waals surface area (Å²) in [7, 11) is 1.60. The van der Waals surface area contributed by atoms with Crippen molar-refractivity contribution in [2.24, 2.45) is 0 Å². The topological polar surface area (TPSA) is 77.3 Å². The maximum atomic E-state index is 12.7. The number of ether oxygens (including phenoxy) is 1. The van der Waals surface area contributed by atoms with Gasteiger partial charge >= 0.3 is 0 Å².